The number of likely N-dealkylation sites (tertiary alicyclic amines) is 1. The summed E-state index contributed by atoms with van der Waals surface area (Å²) in [7, 11) is 4.30. The van der Waals surface area contributed by atoms with E-state index in [-0.39, 0.29) is 12.1 Å². The highest BCUT2D eigenvalue weighted by Gasteiger charge is 2.33. The molecule has 0 spiro atoms. The van der Waals surface area contributed by atoms with Gasteiger partial charge in [0.25, 0.3) is 0 Å². The Balaban J connectivity index is 2.58. The standard InChI is InChI=1S/C15H33N3O/c1-6-16-15(3,12-19)10-13(2)18-9-7-8-14(18)11-17(4)5/h13-14,16,19H,6-12H2,1-5H3. The van der Waals surface area contributed by atoms with Gasteiger partial charge >= 0.3 is 0 Å². The Labute approximate surface area is 119 Å². The lowest BCUT2D eigenvalue weighted by molar-refractivity contribution is 0.100. The fourth-order valence-corrected chi connectivity index (χ4v) is 3.44. The molecule has 1 saturated heterocycles. The second kappa shape index (κ2) is 7.58. The molecule has 1 aliphatic heterocycles. The molecule has 0 amide bonds. The van der Waals surface area contributed by atoms with Crippen LogP contribution in [0.3, 0.4) is 0 Å². The molecule has 0 bridgehead atoms. The monoisotopic (exact) mass is 271 g/mol. The van der Waals surface area contributed by atoms with Gasteiger partial charge in [0.1, 0.15) is 0 Å². The van der Waals surface area contributed by atoms with Gasteiger partial charge in [-0.05, 0) is 60.3 Å². The number of hydrogen-bond acceptors (Lipinski definition) is 4. The topological polar surface area (TPSA) is 38.7 Å². The molecule has 0 aromatic rings. The van der Waals surface area contributed by atoms with Gasteiger partial charge in [-0.3, -0.25) is 4.90 Å². The average molecular weight is 271 g/mol. The van der Waals surface area contributed by atoms with Crippen molar-refractivity contribution < 1.29 is 5.11 Å². The van der Waals surface area contributed by atoms with Crippen molar-refractivity contribution in [3.8, 4) is 0 Å². The van der Waals surface area contributed by atoms with E-state index in [9.17, 15) is 5.11 Å². The van der Waals surface area contributed by atoms with Gasteiger partial charge in [0.05, 0.1) is 6.61 Å². The second-order valence-corrected chi connectivity index (χ2v) is 6.60. The third-order valence-corrected chi connectivity index (χ3v) is 4.26. The van der Waals surface area contributed by atoms with Gasteiger partial charge < -0.3 is 15.3 Å². The molecule has 0 aliphatic carbocycles. The first-order valence-corrected chi connectivity index (χ1v) is 7.68. The van der Waals surface area contributed by atoms with Crippen LogP contribution >= 0.6 is 0 Å². The Hall–Kier alpha value is -0.160. The molecule has 1 rings (SSSR count). The summed E-state index contributed by atoms with van der Waals surface area (Å²) in [6, 6.07) is 1.19. The number of hydrogen-bond donors (Lipinski definition) is 2. The molecule has 19 heavy (non-hydrogen) atoms. The van der Waals surface area contributed by atoms with Crippen LogP contribution in [-0.2, 0) is 0 Å². The molecule has 1 fully saturated rings. The molecule has 2 N–H and O–H groups in total. The zero-order valence-corrected chi connectivity index (χ0v) is 13.4. The zero-order valence-electron chi connectivity index (χ0n) is 13.4. The predicted octanol–water partition coefficient (Wildman–Crippen LogP) is 1.15. The second-order valence-electron chi connectivity index (χ2n) is 6.60. The van der Waals surface area contributed by atoms with Crippen LogP contribution in [0.4, 0.5) is 0 Å². The van der Waals surface area contributed by atoms with Gasteiger partial charge in [0, 0.05) is 24.2 Å². The first-order chi connectivity index (χ1) is 8.91. The van der Waals surface area contributed by atoms with Crippen LogP contribution in [0.25, 0.3) is 0 Å². The highest BCUT2D eigenvalue weighted by Crippen LogP contribution is 2.25. The average Bonchev–Trinajstić information content (AvgIpc) is 2.76. The van der Waals surface area contributed by atoms with Crippen molar-refractivity contribution in [2.75, 3.05) is 40.3 Å². The number of aliphatic hydroxyl groups is 1. The molecule has 114 valence electrons. The van der Waals surface area contributed by atoms with Crippen LogP contribution in [-0.4, -0.2) is 72.9 Å². The molecule has 0 radical (unpaired) electrons. The molecule has 0 saturated carbocycles. The van der Waals surface area contributed by atoms with E-state index in [1.165, 1.54) is 19.4 Å². The van der Waals surface area contributed by atoms with Crippen LogP contribution in [0.1, 0.15) is 40.0 Å². The van der Waals surface area contributed by atoms with Crippen molar-refractivity contribution >= 4 is 0 Å². The molecular formula is C15H33N3O. The molecule has 3 atom stereocenters. The lowest BCUT2D eigenvalue weighted by Gasteiger charge is -2.38. The highest BCUT2D eigenvalue weighted by molar-refractivity contribution is 4.91. The zero-order chi connectivity index (χ0) is 14.5. The molecular weight excluding hydrogens is 238 g/mol. The molecule has 0 aromatic carbocycles. The fraction of sp³-hybridized carbons (Fsp3) is 1.00. The number of nitrogens with one attached hydrogen (secondary N) is 1. The normalized spacial score (nSPS) is 25.7. The van der Waals surface area contributed by atoms with Crippen molar-refractivity contribution in [1.29, 1.82) is 0 Å². The third kappa shape index (κ3) is 5.03. The van der Waals surface area contributed by atoms with Crippen molar-refractivity contribution in [3.63, 3.8) is 0 Å². The fourth-order valence-electron chi connectivity index (χ4n) is 3.44. The van der Waals surface area contributed by atoms with E-state index >= 15 is 0 Å². The van der Waals surface area contributed by atoms with Crippen LogP contribution in [0.5, 0.6) is 0 Å². The van der Waals surface area contributed by atoms with Crippen LogP contribution in [0.2, 0.25) is 0 Å². The molecule has 0 aromatic heterocycles. The quantitative estimate of drug-likeness (QED) is 0.695. The maximum absolute atomic E-state index is 9.63. The van der Waals surface area contributed by atoms with Crippen molar-refractivity contribution in [3.05, 3.63) is 0 Å². The van der Waals surface area contributed by atoms with E-state index in [1.807, 2.05) is 0 Å². The SMILES string of the molecule is CCNC(C)(CO)CC(C)N1CCCC1CN(C)C. The summed E-state index contributed by atoms with van der Waals surface area (Å²) in [4.78, 5) is 4.91. The summed E-state index contributed by atoms with van der Waals surface area (Å²) >= 11 is 0. The maximum atomic E-state index is 9.63. The van der Waals surface area contributed by atoms with Gasteiger partial charge in [-0.2, -0.15) is 0 Å². The minimum atomic E-state index is -0.153. The summed E-state index contributed by atoms with van der Waals surface area (Å²) in [5, 5.41) is 13.1. The summed E-state index contributed by atoms with van der Waals surface area (Å²) < 4.78 is 0. The first kappa shape index (κ1) is 16.9. The summed E-state index contributed by atoms with van der Waals surface area (Å²) in [6.45, 7) is 9.99. The molecule has 1 aliphatic rings. The van der Waals surface area contributed by atoms with E-state index in [1.54, 1.807) is 0 Å². The van der Waals surface area contributed by atoms with Crippen molar-refractivity contribution in [2.45, 2.75) is 57.7 Å². The van der Waals surface area contributed by atoms with E-state index < -0.39 is 0 Å². The van der Waals surface area contributed by atoms with Crippen LogP contribution < -0.4 is 5.32 Å². The lowest BCUT2D eigenvalue weighted by Crippen LogP contribution is -2.52. The molecule has 4 nitrogen and oxygen atoms in total. The van der Waals surface area contributed by atoms with Gasteiger partial charge in [0.15, 0.2) is 0 Å². The summed E-state index contributed by atoms with van der Waals surface area (Å²) in [6.07, 6.45) is 3.61. The number of likely N-dealkylation sites (N-methyl/N-ethyl adjacent to an activating group) is 2. The van der Waals surface area contributed by atoms with Gasteiger partial charge in [-0.1, -0.05) is 6.92 Å². The van der Waals surface area contributed by atoms with Gasteiger partial charge in [-0.15, -0.1) is 0 Å². The van der Waals surface area contributed by atoms with E-state index in [0.717, 1.165) is 19.5 Å². The molecule has 4 heteroatoms. The minimum absolute atomic E-state index is 0.153. The van der Waals surface area contributed by atoms with Gasteiger partial charge in [-0.25, -0.2) is 0 Å². The van der Waals surface area contributed by atoms with E-state index in [2.05, 4.69) is 50.0 Å². The maximum Gasteiger partial charge on any atom is 0.0611 e. The largest absolute Gasteiger partial charge is 0.394 e. The Bertz CT molecular complexity index is 260. The first-order valence-electron chi connectivity index (χ1n) is 7.68. The van der Waals surface area contributed by atoms with Gasteiger partial charge in [0.2, 0.25) is 0 Å². The lowest BCUT2D eigenvalue weighted by atomic mass is 9.93. The van der Waals surface area contributed by atoms with Crippen molar-refractivity contribution in [1.82, 2.24) is 15.1 Å². The predicted molar refractivity (Wildman–Crippen MR) is 81.5 cm³/mol. The highest BCUT2D eigenvalue weighted by atomic mass is 16.3. The summed E-state index contributed by atoms with van der Waals surface area (Å²) in [5.74, 6) is 0. The van der Waals surface area contributed by atoms with Crippen LogP contribution in [0, 0.1) is 0 Å². The Morgan fingerprint density at radius 2 is 2.16 bits per heavy atom. The van der Waals surface area contributed by atoms with E-state index in [4.69, 9.17) is 0 Å². The molecule has 3 unspecified atom stereocenters. The molecule has 1 heterocycles. The Morgan fingerprint density at radius 3 is 2.68 bits per heavy atom. The van der Waals surface area contributed by atoms with E-state index in [0.29, 0.717) is 12.1 Å². The van der Waals surface area contributed by atoms with Crippen molar-refractivity contribution in [2.24, 2.45) is 0 Å². The number of rotatable bonds is 8. The number of nitrogens with zero attached hydrogens (tertiary/aromatic N) is 2. The third-order valence-electron chi connectivity index (χ3n) is 4.26. The Morgan fingerprint density at radius 1 is 1.47 bits per heavy atom. The van der Waals surface area contributed by atoms with Crippen LogP contribution in [0.15, 0.2) is 0 Å². The number of aliphatic hydroxyl groups excluding tert-OH is 1. The summed E-state index contributed by atoms with van der Waals surface area (Å²) in [5.41, 5.74) is -0.153. The smallest absolute Gasteiger partial charge is 0.0611 e. The Kier molecular flexibility index (Phi) is 6.74. The minimum Gasteiger partial charge on any atom is -0.394 e.